The lowest BCUT2D eigenvalue weighted by Crippen LogP contribution is -1.88. The lowest BCUT2D eigenvalue weighted by molar-refractivity contribution is 0.134. The average molecular weight is 125 g/mol. The Hall–Kier alpha value is -0.210. The summed E-state index contributed by atoms with van der Waals surface area (Å²) in [5.74, 6) is 0. The molecule has 0 aliphatic rings. The van der Waals surface area contributed by atoms with Crippen molar-refractivity contribution in [1.29, 1.82) is 0 Å². The van der Waals surface area contributed by atoms with Crippen molar-refractivity contribution >= 4 is 0 Å². The molecular formula is C5H8F3. The molecule has 49 valence electrons. The number of alkyl halides is 2. The van der Waals surface area contributed by atoms with Crippen molar-refractivity contribution in [2.24, 2.45) is 0 Å². The van der Waals surface area contributed by atoms with Gasteiger partial charge >= 0.3 is 0 Å². The number of unbranched alkanes of at least 4 members (excludes halogenated alkanes) is 1. The van der Waals surface area contributed by atoms with Crippen LogP contribution in [0.1, 0.15) is 19.3 Å². The number of halogens is 3. The summed E-state index contributed by atoms with van der Waals surface area (Å²) < 4.78 is 33.5. The van der Waals surface area contributed by atoms with Gasteiger partial charge in [-0.25, -0.2) is 13.2 Å². The maximum absolute atomic E-state index is 11.2. The fourth-order valence-corrected chi connectivity index (χ4v) is 0.349. The molecule has 0 aliphatic carbocycles. The maximum atomic E-state index is 11.2. The smallest absolute Gasteiger partial charge is 0.238 e. The van der Waals surface area contributed by atoms with Crippen LogP contribution in [0.4, 0.5) is 13.2 Å². The Morgan fingerprint density at radius 2 is 2.00 bits per heavy atom. The standard InChI is InChI=1S/C5H8F3/c6-4-2-1-3-5(7)8/h4-5H,1-3H2. The van der Waals surface area contributed by atoms with E-state index >= 15 is 0 Å². The van der Waals surface area contributed by atoms with Gasteiger partial charge in [-0.15, -0.1) is 0 Å². The van der Waals surface area contributed by atoms with Crippen LogP contribution in [-0.4, -0.2) is 6.43 Å². The van der Waals surface area contributed by atoms with E-state index in [1.54, 1.807) is 0 Å². The van der Waals surface area contributed by atoms with E-state index in [2.05, 4.69) is 0 Å². The Bertz CT molecular complexity index is 44.9. The van der Waals surface area contributed by atoms with E-state index < -0.39 is 6.43 Å². The molecule has 3 heteroatoms. The molecule has 1 radical (unpaired) electrons. The number of hydrogen-bond donors (Lipinski definition) is 0. The Balaban J connectivity index is 2.72. The topological polar surface area (TPSA) is 0 Å². The quantitative estimate of drug-likeness (QED) is 0.506. The molecule has 0 amide bonds. The molecule has 0 fully saturated rings. The zero-order chi connectivity index (χ0) is 6.41. The first-order chi connectivity index (χ1) is 3.77. The summed E-state index contributed by atoms with van der Waals surface area (Å²) in [7, 11) is 0. The van der Waals surface area contributed by atoms with Crippen molar-refractivity contribution in [3.63, 3.8) is 0 Å². The first-order valence-corrected chi connectivity index (χ1v) is 2.47. The van der Waals surface area contributed by atoms with Crippen LogP contribution in [0.15, 0.2) is 0 Å². The van der Waals surface area contributed by atoms with E-state index in [0.29, 0.717) is 6.67 Å². The zero-order valence-corrected chi connectivity index (χ0v) is 4.41. The minimum Gasteiger partial charge on any atom is -0.244 e. The van der Waals surface area contributed by atoms with Gasteiger partial charge in [0.05, 0.1) is 0 Å². The molecule has 8 heavy (non-hydrogen) atoms. The normalized spacial score (nSPS) is 10.5. The highest BCUT2D eigenvalue weighted by Gasteiger charge is 1.99. The van der Waals surface area contributed by atoms with Crippen molar-refractivity contribution in [1.82, 2.24) is 0 Å². The van der Waals surface area contributed by atoms with E-state index in [1.807, 2.05) is 0 Å². The van der Waals surface area contributed by atoms with Gasteiger partial charge in [0.1, 0.15) is 6.67 Å². The predicted octanol–water partition coefficient (Wildman–Crippen LogP) is 2.55. The molecule has 0 unspecified atom stereocenters. The lowest BCUT2D eigenvalue weighted by Gasteiger charge is -1.93. The minimum atomic E-state index is -2.28. The first-order valence-electron chi connectivity index (χ1n) is 2.47. The average Bonchev–Trinajstić information content (AvgIpc) is 1.66. The van der Waals surface area contributed by atoms with E-state index in [0.717, 1.165) is 0 Å². The molecule has 0 aromatic carbocycles. The highest BCUT2D eigenvalue weighted by molar-refractivity contribution is 4.49. The Morgan fingerprint density at radius 1 is 1.38 bits per heavy atom. The first kappa shape index (κ1) is 7.79. The van der Waals surface area contributed by atoms with Crippen molar-refractivity contribution in [2.45, 2.75) is 25.7 Å². The summed E-state index contributed by atoms with van der Waals surface area (Å²) >= 11 is 0. The van der Waals surface area contributed by atoms with E-state index in [9.17, 15) is 13.2 Å². The fourth-order valence-electron chi connectivity index (χ4n) is 0.349. The largest absolute Gasteiger partial charge is 0.244 e. The van der Waals surface area contributed by atoms with Crippen LogP contribution in [-0.2, 0) is 0 Å². The van der Waals surface area contributed by atoms with Gasteiger partial charge < -0.3 is 0 Å². The molecule has 0 heterocycles. The second kappa shape index (κ2) is 4.94. The van der Waals surface area contributed by atoms with Gasteiger partial charge in [0.25, 0.3) is 0 Å². The Morgan fingerprint density at radius 3 is 2.38 bits per heavy atom. The summed E-state index contributed by atoms with van der Waals surface area (Å²) in [5.41, 5.74) is 0. The van der Waals surface area contributed by atoms with Gasteiger partial charge in [0, 0.05) is 6.42 Å². The molecular weight excluding hydrogens is 117 g/mol. The second-order valence-electron chi connectivity index (χ2n) is 1.48. The van der Waals surface area contributed by atoms with Crippen LogP contribution in [0.2, 0.25) is 0 Å². The molecule has 0 bridgehead atoms. The van der Waals surface area contributed by atoms with E-state index in [1.165, 1.54) is 0 Å². The van der Waals surface area contributed by atoms with Crippen LogP contribution in [0.3, 0.4) is 0 Å². The fraction of sp³-hybridized carbons (Fsp3) is 0.800. The van der Waals surface area contributed by atoms with Crippen molar-refractivity contribution in [3.8, 4) is 0 Å². The highest BCUT2D eigenvalue weighted by atomic mass is 19.3. The third-order valence-corrected chi connectivity index (χ3v) is 0.736. The van der Waals surface area contributed by atoms with Crippen LogP contribution >= 0.6 is 0 Å². The molecule has 0 atom stereocenters. The molecule has 0 aromatic heterocycles. The van der Waals surface area contributed by atoms with Gasteiger partial charge in [-0.05, 0) is 12.8 Å². The molecule has 0 rings (SSSR count). The van der Waals surface area contributed by atoms with E-state index in [4.69, 9.17) is 0 Å². The molecule has 0 saturated carbocycles. The summed E-state index contributed by atoms with van der Waals surface area (Å²) in [4.78, 5) is 0. The van der Waals surface area contributed by atoms with Crippen LogP contribution in [0.5, 0.6) is 0 Å². The molecule has 0 aliphatic heterocycles. The molecule has 0 nitrogen and oxygen atoms in total. The Kier molecular flexibility index (Phi) is 4.81. The van der Waals surface area contributed by atoms with Crippen molar-refractivity contribution < 1.29 is 13.2 Å². The van der Waals surface area contributed by atoms with E-state index in [-0.39, 0.29) is 19.3 Å². The highest BCUT2D eigenvalue weighted by Crippen LogP contribution is 2.06. The Labute approximate surface area is 46.7 Å². The van der Waals surface area contributed by atoms with Crippen LogP contribution in [0.25, 0.3) is 0 Å². The summed E-state index contributed by atoms with van der Waals surface area (Å²) in [6.07, 6.45) is -2.09. The SMILES string of the molecule is F[CH]CCCC(F)F. The summed E-state index contributed by atoms with van der Waals surface area (Å²) in [6.45, 7) is 0.405. The summed E-state index contributed by atoms with van der Waals surface area (Å²) in [5, 5.41) is 0. The maximum Gasteiger partial charge on any atom is 0.238 e. The minimum absolute atomic E-state index is 0.143. The lowest BCUT2D eigenvalue weighted by atomic mass is 10.2. The zero-order valence-electron chi connectivity index (χ0n) is 4.41. The molecule has 0 spiro atoms. The number of rotatable bonds is 4. The third kappa shape index (κ3) is 5.79. The molecule has 0 aromatic rings. The molecule has 0 saturated heterocycles. The second-order valence-corrected chi connectivity index (χ2v) is 1.48. The van der Waals surface area contributed by atoms with Crippen LogP contribution < -0.4 is 0 Å². The number of hydrogen-bond acceptors (Lipinski definition) is 0. The molecule has 0 N–H and O–H groups in total. The predicted molar refractivity (Wildman–Crippen MR) is 25.3 cm³/mol. The van der Waals surface area contributed by atoms with Crippen molar-refractivity contribution in [2.75, 3.05) is 0 Å². The van der Waals surface area contributed by atoms with Gasteiger partial charge in [-0.1, -0.05) is 0 Å². The third-order valence-electron chi connectivity index (χ3n) is 0.736. The summed E-state index contributed by atoms with van der Waals surface area (Å²) in [6, 6.07) is 0. The van der Waals surface area contributed by atoms with Crippen molar-refractivity contribution in [3.05, 3.63) is 6.67 Å². The monoisotopic (exact) mass is 125 g/mol. The van der Waals surface area contributed by atoms with Gasteiger partial charge in [0.2, 0.25) is 6.43 Å². The van der Waals surface area contributed by atoms with Gasteiger partial charge in [0.15, 0.2) is 0 Å². The van der Waals surface area contributed by atoms with Crippen LogP contribution in [0, 0.1) is 6.67 Å². The van der Waals surface area contributed by atoms with Gasteiger partial charge in [-0.2, -0.15) is 0 Å². The van der Waals surface area contributed by atoms with Gasteiger partial charge in [-0.3, -0.25) is 0 Å².